The van der Waals surface area contributed by atoms with Crippen LogP contribution in [0.15, 0.2) is 53.0 Å². The third kappa shape index (κ3) is 2.77. The third-order valence-corrected chi connectivity index (χ3v) is 3.11. The summed E-state index contributed by atoms with van der Waals surface area (Å²) in [6.07, 6.45) is 0. The molecule has 0 fully saturated rings. The van der Waals surface area contributed by atoms with E-state index in [2.05, 4.69) is 15.9 Å². The molecule has 0 N–H and O–H groups in total. The Labute approximate surface area is 108 Å². The normalized spacial score (nSPS) is 10.1. The summed E-state index contributed by atoms with van der Waals surface area (Å²) in [5.74, 6) is 2.14. The number of para-hydroxylation sites is 1. The van der Waals surface area contributed by atoms with Crippen LogP contribution in [0.25, 0.3) is 0 Å². The van der Waals surface area contributed by atoms with Crippen LogP contribution in [-0.2, 0) is 5.88 Å². The molecule has 16 heavy (non-hydrogen) atoms. The molecule has 0 atom stereocenters. The molecule has 0 saturated heterocycles. The lowest BCUT2D eigenvalue weighted by molar-refractivity contribution is 0.479. The van der Waals surface area contributed by atoms with Crippen molar-refractivity contribution in [1.82, 2.24) is 0 Å². The van der Waals surface area contributed by atoms with Crippen molar-refractivity contribution < 1.29 is 4.74 Å². The highest BCUT2D eigenvalue weighted by atomic mass is 79.9. The maximum Gasteiger partial charge on any atom is 0.141 e. The summed E-state index contributed by atoms with van der Waals surface area (Å²) in [5, 5.41) is 0. The zero-order valence-electron chi connectivity index (χ0n) is 8.49. The smallest absolute Gasteiger partial charge is 0.141 e. The lowest BCUT2D eigenvalue weighted by Crippen LogP contribution is -1.85. The summed E-state index contributed by atoms with van der Waals surface area (Å²) >= 11 is 9.15. The zero-order chi connectivity index (χ0) is 11.4. The summed E-state index contributed by atoms with van der Waals surface area (Å²) in [6, 6.07) is 15.5. The lowest BCUT2D eigenvalue weighted by Gasteiger charge is -2.07. The summed E-state index contributed by atoms with van der Waals surface area (Å²) in [4.78, 5) is 0. The molecular formula is C13H10BrClO. The topological polar surface area (TPSA) is 9.23 Å². The van der Waals surface area contributed by atoms with Crippen LogP contribution in [0.4, 0.5) is 0 Å². The van der Waals surface area contributed by atoms with Gasteiger partial charge in [0.25, 0.3) is 0 Å². The Morgan fingerprint density at radius 1 is 1.00 bits per heavy atom. The molecule has 2 rings (SSSR count). The second kappa shape index (κ2) is 5.37. The van der Waals surface area contributed by atoms with Crippen LogP contribution in [0.3, 0.4) is 0 Å². The Morgan fingerprint density at radius 3 is 2.31 bits per heavy atom. The molecule has 3 heteroatoms. The fraction of sp³-hybridized carbons (Fsp3) is 0.0769. The van der Waals surface area contributed by atoms with Crippen LogP contribution in [0.5, 0.6) is 11.5 Å². The minimum Gasteiger partial charge on any atom is -0.456 e. The van der Waals surface area contributed by atoms with Crippen molar-refractivity contribution >= 4 is 27.5 Å². The predicted octanol–water partition coefficient (Wildman–Crippen LogP) is 4.98. The van der Waals surface area contributed by atoms with Crippen LogP contribution in [-0.4, -0.2) is 0 Å². The fourth-order valence-electron chi connectivity index (χ4n) is 1.30. The second-order valence-electron chi connectivity index (χ2n) is 3.31. The molecule has 2 aromatic carbocycles. The Bertz CT molecular complexity index is 468. The molecule has 1 nitrogen and oxygen atoms in total. The van der Waals surface area contributed by atoms with Crippen LogP contribution < -0.4 is 4.74 Å². The van der Waals surface area contributed by atoms with E-state index in [1.165, 1.54) is 0 Å². The number of alkyl halides is 1. The Kier molecular flexibility index (Phi) is 3.86. The van der Waals surface area contributed by atoms with E-state index in [9.17, 15) is 0 Å². The first-order valence-electron chi connectivity index (χ1n) is 4.87. The molecule has 0 bridgehead atoms. The average Bonchev–Trinajstić information content (AvgIpc) is 2.33. The van der Waals surface area contributed by atoms with Gasteiger partial charge in [-0.25, -0.2) is 0 Å². The second-order valence-corrected chi connectivity index (χ2v) is 4.43. The predicted molar refractivity (Wildman–Crippen MR) is 70.2 cm³/mol. The van der Waals surface area contributed by atoms with Gasteiger partial charge in [0.05, 0.1) is 4.47 Å². The molecule has 2 aromatic rings. The van der Waals surface area contributed by atoms with Gasteiger partial charge in [0.2, 0.25) is 0 Å². The van der Waals surface area contributed by atoms with Gasteiger partial charge in [-0.15, -0.1) is 11.6 Å². The van der Waals surface area contributed by atoms with Crippen LogP contribution in [0.2, 0.25) is 0 Å². The van der Waals surface area contributed by atoms with E-state index in [4.69, 9.17) is 16.3 Å². The van der Waals surface area contributed by atoms with Gasteiger partial charge in [0.15, 0.2) is 0 Å². The summed E-state index contributed by atoms with van der Waals surface area (Å²) in [6.45, 7) is 0. The van der Waals surface area contributed by atoms with Crippen molar-refractivity contribution in [1.29, 1.82) is 0 Å². The van der Waals surface area contributed by atoms with E-state index in [0.717, 1.165) is 21.5 Å². The number of hydrogen-bond donors (Lipinski definition) is 0. The number of benzene rings is 2. The van der Waals surface area contributed by atoms with Crippen molar-refractivity contribution in [3.8, 4) is 11.5 Å². The van der Waals surface area contributed by atoms with Gasteiger partial charge in [-0.1, -0.05) is 24.3 Å². The highest BCUT2D eigenvalue weighted by Crippen LogP contribution is 2.29. The zero-order valence-corrected chi connectivity index (χ0v) is 10.8. The first-order valence-corrected chi connectivity index (χ1v) is 6.19. The van der Waals surface area contributed by atoms with Gasteiger partial charge >= 0.3 is 0 Å². The Hall–Kier alpha value is -0.990. The van der Waals surface area contributed by atoms with Gasteiger partial charge in [-0.3, -0.25) is 0 Å². The van der Waals surface area contributed by atoms with Crippen molar-refractivity contribution in [2.75, 3.05) is 0 Å². The summed E-state index contributed by atoms with van der Waals surface area (Å²) in [7, 11) is 0. The highest BCUT2D eigenvalue weighted by Gasteiger charge is 2.01. The van der Waals surface area contributed by atoms with Crippen molar-refractivity contribution in [2.24, 2.45) is 0 Å². The van der Waals surface area contributed by atoms with Crippen LogP contribution in [0.1, 0.15) is 5.56 Å². The first kappa shape index (κ1) is 11.5. The van der Waals surface area contributed by atoms with E-state index >= 15 is 0 Å². The van der Waals surface area contributed by atoms with Crippen molar-refractivity contribution in [2.45, 2.75) is 5.88 Å². The molecule has 0 aliphatic heterocycles. The summed E-state index contributed by atoms with van der Waals surface area (Å²) < 4.78 is 6.66. The van der Waals surface area contributed by atoms with E-state index in [-0.39, 0.29) is 0 Å². The van der Waals surface area contributed by atoms with E-state index in [0.29, 0.717) is 5.88 Å². The molecule has 0 spiro atoms. The molecular weight excluding hydrogens is 287 g/mol. The summed E-state index contributed by atoms with van der Waals surface area (Å²) in [5.41, 5.74) is 1.08. The SMILES string of the molecule is ClCc1ccc(Oc2ccccc2Br)cc1. The number of ether oxygens (including phenoxy) is 1. The van der Waals surface area contributed by atoms with E-state index < -0.39 is 0 Å². The standard InChI is InChI=1S/C13H10BrClO/c14-12-3-1-2-4-13(12)16-11-7-5-10(9-15)6-8-11/h1-8H,9H2. The molecule has 0 aliphatic rings. The number of hydrogen-bond acceptors (Lipinski definition) is 1. The monoisotopic (exact) mass is 296 g/mol. The number of halogens is 2. The highest BCUT2D eigenvalue weighted by molar-refractivity contribution is 9.10. The fourth-order valence-corrected chi connectivity index (χ4v) is 1.84. The number of rotatable bonds is 3. The van der Waals surface area contributed by atoms with Crippen molar-refractivity contribution in [3.63, 3.8) is 0 Å². The minimum atomic E-state index is 0.523. The Morgan fingerprint density at radius 2 is 1.69 bits per heavy atom. The maximum atomic E-state index is 5.72. The van der Waals surface area contributed by atoms with Gasteiger partial charge < -0.3 is 4.74 Å². The van der Waals surface area contributed by atoms with Crippen LogP contribution in [0, 0.1) is 0 Å². The van der Waals surface area contributed by atoms with Gasteiger partial charge in [0, 0.05) is 5.88 Å². The van der Waals surface area contributed by atoms with Gasteiger partial charge in [-0.2, -0.15) is 0 Å². The molecule has 82 valence electrons. The Balaban J connectivity index is 2.18. The maximum absolute atomic E-state index is 5.72. The minimum absolute atomic E-state index is 0.523. The van der Waals surface area contributed by atoms with Crippen molar-refractivity contribution in [3.05, 3.63) is 58.6 Å². The molecule has 0 heterocycles. The molecule has 0 saturated carbocycles. The molecule has 0 radical (unpaired) electrons. The first-order chi connectivity index (χ1) is 7.79. The molecule has 0 aliphatic carbocycles. The third-order valence-electron chi connectivity index (χ3n) is 2.14. The van der Waals surface area contributed by atoms with E-state index in [1.807, 2.05) is 48.5 Å². The lowest BCUT2D eigenvalue weighted by atomic mass is 10.2. The molecule has 0 aromatic heterocycles. The average molecular weight is 298 g/mol. The van der Waals surface area contributed by atoms with Gasteiger partial charge in [0.1, 0.15) is 11.5 Å². The largest absolute Gasteiger partial charge is 0.456 e. The molecule has 0 amide bonds. The van der Waals surface area contributed by atoms with Gasteiger partial charge in [-0.05, 0) is 45.8 Å². The quantitative estimate of drug-likeness (QED) is 0.726. The van der Waals surface area contributed by atoms with E-state index in [1.54, 1.807) is 0 Å². The molecule has 0 unspecified atom stereocenters. The van der Waals surface area contributed by atoms with Crippen LogP contribution >= 0.6 is 27.5 Å².